The van der Waals surface area contributed by atoms with E-state index in [1.165, 1.54) is 19.2 Å². The summed E-state index contributed by atoms with van der Waals surface area (Å²) in [4.78, 5) is 33.3. The summed E-state index contributed by atoms with van der Waals surface area (Å²) in [5.41, 5.74) is 4.37. The first-order chi connectivity index (χ1) is 7.41. The quantitative estimate of drug-likeness (QED) is 0.717. The lowest BCUT2D eigenvalue weighted by Crippen LogP contribution is -2.42. The zero-order chi connectivity index (χ0) is 12.3. The van der Waals surface area contributed by atoms with Crippen LogP contribution in [0.15, 0.2) is 17.1 Å². The van der Waals surface area contributed by atoms with Crippen LogP contribution in [0.5, 0.6) is 0 Å². The van der Waals surface area contributed by atoms with Crippen LogP contribution in [0.2, 0.25) is 0 Å². The highest BCUT2D eigenvalue weighted by Crippen LogP contribution is 2.02. The molecule has 0 radical (unpaired) electrons. The molecule has 86 valence electrons. The van der Waals surface area contributed by atoms with Crippen LogP contribution < -0.4 is 16.6 Å². The average Bonchev–Trinajstić information content (AvgIpc) is 2.15. The molecular formula is C8H9IN4O3. The number of rotatable bonds is 2. The second-order valence-corrected chi connectivity index (χ2v) is 4.23. The molecule has 0 aliphatic carbocycles. The molecule has 0 aliphatic rings. The van der Waals surface area contributed by atoms with E-state index in [9.17, 15) is 14.4 Å². The molecule has 7 nitrogen and oxygen atoms in total. The highest BCUT2D eigenvalue weighted by Gasteiger charge is 2.18. The minimum Gasteiger partial charge on any atom is -0.351 e. The molecule has 0 spiro atoms. The van der Waals surface area contributed by atoms with Gasteiger partial charge in [0, 0.05) is 9.64 Å². The van der Waals surface area contributed by atoms with Gasteiger partial charge in [0.25, 0.3) is 11.5 Å². The number of nitrogens with two attached hydrogens (primary N) is 1. The summed E-state index contributed by atoms with van der Waals surface area (Å²) < 4.78 is 1.64. The number of urea groups is 1. The highest BCUT2D eigenvalue weighted by atomic mass is 127. The van der Waals surface area contributed by atoms with Gasteiger partial charge in [-0.2, -0.15) is 5.10 Å². The molecule has 1 rings (SSSR count). The number of carbonyl (C=O) groups is 2. The largest absolute Gasteiger partial charge is 0.351 e. The number of imide groups is 1. The molecule has 1 unspecified atom stereocenters. The van der Waals surface area contributed by atoms with E-state index in [4.69, 9.17) is 5.73 Å². The Morgan fingerprint density at radius 3 is 2.75 bits per heavy atom. The number of hydrogen-bond donors (Lipinski definition) is 2. The van der Waals surface area contributed by atoms with Crippen LogP contribution in [0.3, 0.4) is 0 Å². The van der Waals surface area contributed by atoms with Gasteiger partial charge < -0.3 is 5.73 Å². The van der Waals surface area contributed by atoms with E-state index in [1.54, 1.807) is 0 Å². The number of hydrogen-bond acceptors (Lipinski definition) is 4. The van der Waals surface area contributed by atoms with Crippen molar-refractivity contribution < 1.29 is 9.59 Å². The lowest BCUT2D eigenvalue weighted by atomic mass is 10.3. The van der Waals surface area contributed by atoms with Gasteiger partial charge in [-0.15, -0.1) is 0 Å². The molecule has 1 aromatic rings. The smallest absolute Gasteiger partial charge is 0.318 e. The lowest BCUT2D eigenvalue weighted by molar-refractivity contribution is -0.123. The average molecular weight is 336 g/mol. The Labute approximate surface area is 104 Å². The van der Waals surface area contributed by atoms with E-state index in [1.807, 2.05) is 27.9 Å². The topological polar surface area (TPSA) is 107 Å². The third-order valence-electron chi connectivity index (χ3n) is 1.79. The van der Waals surface area contributed by atoms with Gasteiger partial charge in [0.05, 0.1) is 6.20 Å². The normalized spacial score (nSPS) is 11.9. The van der Waals surface area contributed by atoms with Crippen LogP contribution >= 0.6 is 22.6 Å². The van der Waals surface area contributed by atoms with Gasteiger partial charge in [0.2, 0.25) is 0 Å². The van der Waals surface area contributed by atoms with E-state index in [-0.39, 0.29) is 0 Å². The Bertz CT molecular complexity index is 484. The SMILES string of the molecule is CC(C(=O)NC(N)=O)n1ncc(I)cc1=O. The van der Waals surface area contributed by atoms with E-state index in [2.05, 4.69) is 5.10 Å². The molecule has 0 aliphatic heterocycles. The summed E-state index contributed by atoms with van der Waals surface area (Å²) in [5, 5.41) is 5.67. The summed E-state index contributed by atoms with van der Waals surface area (Å²) in [6.45, 7) is 1.44. The first-order valence-electron chi connectivity index (χ1n) is 4.26. The third-order valence-corrected chi connectivity index (χ3v) is 2.38. The van der Waals surface area contributed by atoms with E-state index in [0.717, 1.165) is 4.68 Å². The minimum absolute atomic E-state index is 0.418. The van der Waals surface area contributed by atoms with Gasteiger partial charge in [-0.05, 0) is 29.5 Å². The minimum atomic E-state index is -0.963. The van der Waals surface area contributed by atoms with Crippen LogP contribution in [0.1, 0.15) is 13.0 Å². The van der Waals surface area contributed by atoms with Crippen molar-refractivity contribution in [2.45, 2.75) is 13.0 Å². The molecule has 0 fully saturated rings. The van der Waals surface area contributed by atoms with E-state index >= 15 is 0 Å². The van der Waals surface area contributed by atoms with Crippen molar-refractivity contribution in [2.24, 2.45) is 5.73 Å². The van der Waals surface area contributed by atoms with Gasteiger partial charge in [-0.3, -0.25) is 14.9 Å². The number of nitrogens with zero attached hydrogens (tertiary/aromatic N) is 2. The van der Waals surface area contributed by atoms with Gasteiger partial charge in [0.15, 0.2) is 0 Å². The van der Waals surface area contributed by atoms with Gasteiger partial charge in [-0.25, -0.2) is 9.48 Å². The zero-order valence-electron chi connectivity index (χ0n) is 8.31. The fourth-order valence-corrected chi connectivity index (χ4v) is 1.41. The fourth-order valence-electron chi connectivity index (χ4n) is 1.02. The molecule has 3 N–H and O–H groups in total. The maximum atomic E-state index is 11.5. The van der Waals surface area contributed by atoms with Crippen LogP contribution in [-0.2, 0) is 4.79 Å². The van der Waals surface area contributed by atoms with Crippen LogP contribution in [0, 0.1) is 3.57 Å². The Kier molecular flexibility index (Phi) is 3.99. The Morgan fingerprint density at radius 2 is 2.25 bits per heavy atom. The molecular weight excluding hydrogens is 327 g/mol. The van der Waals surface area contributed by atoms with Gasteiger partial charge in [-0.1, -0.05) is 0 Å². The van der Waals surface area contributed by atoms with Crippen molar-refractivity contribution in [3.8, 4) is 0 Å². The van der Waals surface area contributed by atoms with Crippen molar-refractivity contribution >= 4 is 34.5 Å². The first kappa shape index (κ1) is 12.6. The van der Waals surface area contributed by atoms with Crippen molar-refractivity contribution in [1.29, 1.82) is 0 Å². The van der Waals surface area contributed by atoms with Crippen molar-refractivity contribution in [3.63, 3.8) is 0 Å². The summed E-state index contributed by atoms with van der Waals surface area (Å²) >= 11 is 1.93. The number of nitrogens with one attached hydrogen (secondary N) is 1. The lowest BCUT2D eigenvalue weighted by Gasteiger charge is -2.11. The Hall–Kier alpha value is -1.45. The number of aromatic nitrogens is 2. The predicted molar refractivity (Wildman–Crippen MR) is 63.7 cm³/mol. The molecule has 0 bridgehead atoms. The summed E-state index contributed by atoms with van der Waals surface area (Å²) in [6.07, 6.45) is 1.44. The molecule has 0 aromatic carbocycles. The van der Waals surface area contributed by atoms with Crippen LogP contribution in [0.4, 0.5) is 4.79 Å². The molecule has 1 aromatic heterocycles. The summed E-state index contributed by atoms with van der Waals surface area (Å²) in [7, 11) is 0. The monoisotopic (exact) mass is 336 g/mol. The van der Waals surface area contributed by atoms with Crippen molar-refractivity contribution in [1.82, 2.24) is 15.1 Å². The standard InChI is InChI=1S/C8H9IN4O3/c1-4(7(15)12-8(10)16)13-6(14)2-5(9)3-11-13/h2-4H,1H3,(H3,10,12,15,16). The second kappa shape index (κ2) is 5.05. The van der Waals surface area contributed by atoms with Gasteiger partial charge in [0.1, 0.15) is 6.04 Å². The van der Waals surface area contributed by atoms with E-state index in [0.29, 0.717) is 3.57 Å². The maximum Gasteiger partial charge on any atom is 0.318 e. The van der Waals surface area contributed by atoms with Crippen LogP contribution in [-0.4, -0.2) is 21.7 Å². The third kappa shape index (κ3) is 3.02. The Balaban J connectivity index is 2.96. The molecule has 0 saturated heterocycles. The Morgan fingerprint density at radius 1 is 1.62 bits per heavy atom. The molecule has 16 heavy (non-hydrogen) atoms. The van der Waals surface area contributed by atoms with Gasteiger partial charge >= 0.3 is 6.03 Å². The van der Waals surface area contributed by atoms with Crippen molar-refractivity contribution in [3.05, 3.63) is 26.2 Å². The number of amides is 3. The highest BCUT2D eigenvalue weighted by molar-refractivity contribution is 14.1. The number of halogens is 1. The zero-order valence-corrected chi connectivity index (χ0v) is 10.5. The summed E-state index contributed by atoms with van der Waals surface area (Å²) in [5.74, 6) is -0.677. The number of primary amides is 1. The predicted octanol–water partition coefficient (Wildman–Crippen LogP) is -0.396. The van der Waals surface area contributed by atoms with Crippen molar-refractivity contribution in [2.75, 3.05) is 0 Å². The molecule has 3 amide bonds. The maximum absolute atomic E-state index is 11.5. The van der Waals surface area contributed by atoms with Crippen LogP contribution in [0.25, 0.3) is 0 Å². The fraction of sp³-hybridized carbons (Fsp3) is 0.250. The first-order valence-corrected chi connectivity index (χ1v) is 5.34. The second-order valence-electron chi connectivity index (χ2n) is 2.99. The molecule has 1 atom stereocenters. The number of carbonyl (C=O) groups excluding carboxylic acids is 2. The molecule has 1 heterocycles. The molecule has 8 heteroatoms. The molecule has 0 saturated carbocycles. The summed E-state index contributed by atoms with van der Waals surface area (Å²) in [6, 6.07) is -0.519. The van der Waals surface area contributed by atoms with E-state index < -0.39 is 23.5 Å².